The lowest BCUT2D eigenvalue weighted by Crippen LogP contribution is -2.10. The van der Waals surface area contributed by atoms with Gasteiger partial charge in [0.15, 0.2) is 0 Å². The van der Waals surface area contributed by atoms with Gasteiger partial charge in [0.05, 0.1) is 0 Å². The number of carbonyl (C=O) groups is 1. The van der Waals surface area contributed by atoms with Crippen molar-refractivity contribution < 1.29 is 13.9 Å². The van der Waals surface area contributed by atoms with Crippen LogP contribution in [0.4, 0.5) is 4.39 Å². The van der Waals surface area contributed by atoms with Gasteiger partial charge in [-0.15, -0.1) is 0 Å². The Hall–Kier alpha value is -2.16. The zero-order valence-electron chi connectivity index (χ0n) is 9.81. The average Bonchev–Trinajstić information content (AvgIpc) is 2.34. The first kappa shape index (κ1) is 11.0. The van der Waals surface area contributed by atoms with Crippen molar-refractivity contribution in [3.63, 3.8) is 0 Å². The first-order chi connectivity index (χ1) is 8.66. The highest BCUT2D eigenvalue weighted by Gasteiger charge is 2.23. The molecule has 0 saturated heterocycles. The summed E-state index contributed by atoms with van der Waals surface area (Å²) in [5, 5.41) is 1.77. The summed E-state index contributed by atoms with van der Waals surface area (Å²) in [6, 6.07) is 11.2. The third kappa shape index (κ3) is 1.59. The molecule has 0 fully saturated rings. The van der Waals surface area contributed by atoms with Gasteiger partial charge in [-0.1, -0.05) is 36.4 Å². The van der Waals surface area contributed by atoms with Crippen LogP contribution in [-0.2, 0) is 9.53 Å². The van der Waals surface area contributed by atoms with E-state index in [0.29, 0.717) is 5.56 Å². The van der Waals surface area contributed by atoms with Crippen molar-refractivity contribution in [3.05, 3.63) is 53.6 Å². The van der Waals surface area contributed by atoms with Gasteiger partial charge in [0.25, 0.3) is 0 Å². The van der Waals surface area contributed by atoms with Gasteiger partial charge in [-0.2, -0.15) is 0 Å². The predicted octanol–water partition coefficient (Wildman–Crippen LogP) is 3.77. The van der Waals surface area contributed by atoms with E-state index >= 15 is 0 Å². The van der Waals surface area contributed by atoms with Gasteiger partial charge < -0.3 is 4.74 Å². The molecule has 90 valence electrons. The van der Waals surface area contributed by atoms with E-state index in [9.17, 15) is 9.18 Å². The maximum absolute atomic E-state index is 14.0. The van der Waals surface area contributed by atoms with E-state index in [0.717, 1.165) is 16.3 Å². The standard InChI is InChI=1S/C15H11FO2/c1-9(17)18-14-8-13(16)11-6-2-4-10-5-3-7-12(14)15(10)11/h2-8,14H,1H3. The highest BCUT2D eigenvalue weighted by atomic mass is 19.1. The third-order valence-electron chi connectivity index (χ3n) is 3.09. The average molecular weight is 242 g/mol. The fourth-order valence-electron chi connectivity index (χ4n) is 2.39. The van der Waals surface area contributed by atoms with Gasteiger partial charge >= 0.3 is 5.97 Å². The van der Waals surface area contributed by atoms with Crippen molar-refractivity contribution in [3.8, 4) is 0 Å². The SMILES string of the molecule is CC(=O)OC1C=C(F)c2cccc3cccc1c23. The molecule has 0 bridgehead atoms. The van der Waals surface area contributed by atoms with Crippen molar-refractivity contribution in [1.82, 2.24) is 0 Å². The van der Waals surface area contributed by atoms with Crippen LogP contribution < -0.4 is 0 Å². The minimum Gasteiger partial charge on any atom is -0.453 e. The molecule has 2 aromatic rings. The molecule has 1 aliphatic carbocycles. The van der Waals surface area contributed by atoms with E-state index in [2.05, 4.69) is 0 Å². The largest absolute Gasteiger partial charge is 0.453 e. The Morgan fingerprint density at radius 3 is 2.67 bits per heavy atom. The van der Waals surface area contributed by atoms with E-state index in [1.807, 2.05) is 30.3 Å². The van der Waals surface area contributed by atoms with Crippen LogP contribution >= 0.6 is 0 Å². The lowest BCUT2D eigenvalue weighted by atomic mass is 9.91. The molecule has 0 radical (unpaired) electrons. The smallest absolute Gasteiger partial charge is 0.303 e. The van der Waals surface area contributed by atoms with Gasteiger partial charge in [-0.3, -0.25) is 4.79 Å². The molecule has 0 amide bonds. The zero-order valence-corrected chi connectivity index (χ0v) is 9.81. The highest BCUT2D eigenvalue weighted by molar-refractivity contribution is 5.97. The second-order valence-corrected chi connectivity index (χ2v) is 4.30. The molecule has 0 spiro atoms. The minimum atomic E-state index is -0.638. The molecule has 2 nitrogen and oxygen atoms in total. The van der Waals surface area contributed by atoms with E-state index in [1.165, 1.54) is 13.0 Å². The third-order valence-corrected chi connectivity index (χ3v) is 3.09. The first-order valence-electron chi connectivity index (χ1n) is 5.73. The van der Waals surface area contributed by atoms with E-state index in [-0.39, 0.29) is 5.83 Å². The zero-order chi connectivity index (χ0) is 12.7. The number of halogens is 1. The fraction of sp³-hybridized carbons (Fsp3) is 0.133. The summed E-state index contributed by atoms with van der Waals surface area (Å²) in [5.41, 5.74) is 1.39. The summed E-state index contributed by atoms with van der Waals surface area (Å²) in [7, 11) is 0. The quantitative estimate of drug-likeness (QED) is 0.711. The van der Waals surface area contributed by atoms with Gasteiger partial charge in [-0.05, 0) is 16.8 Å². The molecule has 0 saturated carbocycles. The van der Waals surface area contributed by atoms with E-state index in [1.54, 1.807) is 6.07 Å². The number of esters is 1. The number of carbonyl (C=O) groups excluding carboxylic acids is 1. The summed E-state index contributed by atoms with van der Waals surface area (Å²) >= 11 is 0. The van der Waals surface area contributed by atoms with Crippen molar-refractivity contribution in [1.29, 1.82) is 0 Å². The second-order valence-electron chi connectivity index (χ2n) is 4.30. The molecule has 0 aromatic heterocycles. The molecule has 1 aliphatic rings. The summed E-state index contributed by atoms with van der Waals surface area (Å²) in [6.45, 7) is 1.33. The predicted molar refractivity (Wildman–Crippen MR) is 67.5 cm³/mol. The van der Waals surface area contributed by atoms with Crippen molar-refractivity contribution in [2.24, 2.45) is 0 Å². The normalized spacial score (nSPS) is 17.4. The molecule has 3 heteroatoms. The van der Waals surface area contributed by atoms with Gasteiger partial charge in [0.2, 0.25) is 0 Å². The van der Waals surface area contributed by atoms with E-state index < -0.39 is 12.1 Å². The van der Waals surface area contributed by atoms with Crippen molar-refractivity contribution in [2.45, 2.75) is 13.0 Å². The summed E-state index contributed by atoms with van der Waals surface area (Å²) < 4.78 is 19.2. The molecule has 0 aliphatic heterocycles. The first-order valence-corrected chi connectivity index (χ1v) is 5.73. The topological polar surface area (TPSA) is 26.3 Å². The van der Waals surface area contributed by atoms with Crippen LogP contribution in [0.15, 0.2) is 42.5 Å². The Balaban J connectivity index is 2.28. The fourth-order valence-corrected chi connectivity index (χ4v) is 2.39. The number of hydrogen-bond acceptors (Lipinski definition) is 2. The molecule has 0 heterocycles. The monoisotopic (exact) mass is 242 g/mol. The summed E-state index contributed by atoms with van der Waals surface area (Å²) in [5.74, 6) is -0.758. The Morgan fingerprint density at radius 1 is 1.22 bits per heavy atom. The van der Waals surface area contributed by atoms with Crippen LogP contribution in [0, 0.1) is 0 Å². The van der Waals surface area contributed by atoms with Crippen molar-refractivity contribution in [2.75, 3.05) is 0 Å². The van der Waals surface area contributed by atoms with Gasteiger partial charge in [0.1, 0.15) is 11.9 Å². The van der Waals surface area contributed by atoms with Crippen LogP contribution in [0.2, 0.25) is 0 Å². The Labute approximate surface area is 104 Å². The Kier molecular flexibility index (Phi) is 2.40. The molecular weight excluding hydrogens is 231 g/mol. The second kappa shape index (κ2) is 3.95. The van der Waals surface area contributed by atoms with Crippen LogP contribution in [0.5, 0.6) is 0 Å². The molecule has 1 unspecified atom stereocenters. The number of benzene rings is 2. The summed E-state index contributed by atoms with van der Waals surface area (Å²) in [4.78, 5) is 11.1. The summed E-state index contributed by atoms with van der Waals surface area (Å²) in [6.07, 6.45) is 0.708. The molecule has 1 atom stereocenters. The van der Waals surface area contributed by atoms with Crippen LogP contribution in [0.25, 0.3) is 16.6 Å². The number of rotatable bonds is 1. The molecule has 18 heavy (non-hydrogen) atoms. The molecular formula is C15H11FO2. The Morgan fingerprint density at radius 2 is 1.94 bits per heavy atom. The van der Waals surface area contributed by atoms with Gasteiger partial charge in [0, 0.05) is 18.1 Å². The maximum atomic E-state index is 14.0. The molecule has 3 rings (SSSR count). The van der Waals surface area contributed by atoms with E-state index in [4.69, 9.17) is 4.74 Å². The maximum Gasteiger partial charge on any atom is 0.303 e. The highest BCUT2D eigenvalue weighted by Crippen LogP contribution is 2.39. The lowest BCUT2D eigenvalue weighted by molar-refractivity contribution is -0.144. The Bertz CT molecular complexity index is 668. The van der Waals surface area contributed by atoms with Gasteiger partial charge in [-0.25, -0.2) is 4.39 Å². The van der Waals surface area contributed by atoms with Crippen LogP contribution in [-0.4, -0.2) is 5.97 Å². The number of hydrogen-bond donors (Lipinski definition) is 0. The van der Waals surface area contributed by atoms with Crippen LogP contribution in [0.1, 0.15) is 24.2 Å². The molecule has 0 N–H and O–H groups in total. The van der Waals surface area contributed by atoms with Crippen LogP contribution in [0.3, 0.4) is 0 Å². The molecule has 2 aromatic carbocycles. The lowest BCUT2D eigenvalue weighted by Gasteiger charge is -2.21. The van der Waals surface area contributed by atoms with Crippen molar-refractivity contribution >= 4 is 22.6 Å². The minimum absolute atomic E-state index is 0.342. The number of ether oxygens (including phenoxy) is 1.